The summed E-state index contributed by atoms with van der Waals surface area (Å²) in [7, 11) is 1.54. The minimum atomic E-state index is -0.237. The van der Waals surface area contributed by atoms with E-state index in [1.54, 1.807) is 18.3 Å². The number of nitrogens with zero attached hydrogens (tertiary/aromatic N) is 4. The molecule has 2 heterocycles. The van der Waals surface area contributed by atoms with Crippen molar-refractivity contribution in [3.63, 3.8) is 0 Å². The van der Waals surface area contributed by atoms with Crippen LogP contribution in [0.5, 0.6) is 5.75 Å². The predicted molar refractivity (Wildman–Crippen MR) is 102 cm³/mol. The highest BCUT2D eigenvalue weighted by molar-refractivity contribution is 5.29. The second kappa shape index (κ2) is 9.82. The Balaban J connectivity index is 1.54. The zero-order valence-electron chi connectivity index (χ0n) is 15.9. The van der Waals surface area contributed by atoms with Gasteiger partial charge in [-0.15, -0.1) is 0 Å². The molecular weight excluding hydrogens is 347 g/mol. The lowest BCUT2D eigenvalue weighted by Gasteiger charge is -2.41. The fraction of sp³-hybridized carbons (Fsp3) is 0.550. The van der Waals surface area contributed by atoms with E-state index in [0.29, 0.717) is 24.3 Å². The summed E-state index contributed by atoms with van der Waals surface area (Å²) in [5, 5.41) is 13.7. The van der Waals surface area contributed by atoms with Gasteiger partial charge in [0.05, 0.1) is 7.11 Å². The van der Waals surface area contributed by atoms with Gasteiger partial charge in [0.2, 0.25) is 0 Å². The molecule has 1 aliphatic heterocycles. The summed E-state index contributed by atoms with van der Waals surface area (Å²) >= 11 is 0. The highest BCUT2D eigenvalue weighted by atomic mass is 19.1. The predicted octanol–water partition coefficient (Wildman–Crippen LogP) is 1.99. The molecule has 0 amide bonds. The summed E-state index contributed by atoms with van der Waals surface area (Å²) in [6, 6.07) is 7.19. The SMILES string of the molecule is COc1ccc(CN2CCN(CCCn3cccn3)CC2CCO)c(F)c1. The summed E-state index contributed by atoms with van der Waals surface area (Å²) in [6.45, 7) is 5.35. The maximum atomic E-state index is 14.3. The first-order valence-corrected chi connectivity index (χ1v) is 9.56. The molecule has 1 unspecified atom stereocenters. The van der Waals surface area contributed by atoms with Crippen molar-refractivity contribution in [2.75, 3.05) is 39.9 Å². The molecule has 148 valence electrons. The highest BCUT2D eigenvalue weighted by Gasteiger charge is 2.27. The highest BCUT2D eigenvalue weighted by Crippen LogP contribution is 2.21. The molecule has 1 N–H and O–H groups in total. The minimum absolute atomic E-state index is 0.146. The molecule has 1 atom stereocenters. The van der Waals surface area contributed by atoms with Crippen LogP contribution in [-0.2, 0) is 13.1 Å². The van der Waals surface area contributed by atoms with Crippen molar-refractivity contribution in [1.82, 2.24) is 19.6 Å². The van der Waals surface area contributed by atoms with Gasteiger partial charge in [-0.25, -0.2) is 4.39 Å². The molecule has 1 fully saturated rings. The Morgan fingerprint density at radius 3 is 2.89 bits per heavy atom. The third-order valence-corrected chi connectivity index (χ3v) is 5.21. The summed E-state index contributed by atoms with van der Waals surface area (Å²) < 4.78 is 21.3. The van der Waals surface area contributed by atoms with E-state index >= 15 is 0 Å². The molecule has 7 heteroatoms. The van der Waals surface area contributed by atoms with Gasteiger partial charge in [-0.3, -0.25) is 9.58 Å². The van der Waals surface area contributed by atoms with E-state index in [4.69, 9.17) is 4.74 Å². The largest absolute Gasteiger partial charge is 0.497 e. The van der Waals surface area contributed by atoms with Gasteiger partial charge in [0.15, 0.2) is 0 Å². The Kier molecular flexibility index (Phi) is 7.20. The van der Waals surface area contributed by atoms with E-state index in [2.05, 4.69) is 14.9 Å². The molecule has 0 radical (unpaired) electrons. The number of aliphatic hydroxyl groups is 1. The summed E-state index contributed by atoms with van der Waals surface area (Å²) in [5.41, 5.74) is 0.672. The molecule has 1 saturated heterocycles. The number of hydrogen-bond acceptors (Lipinski definition) is 5. The zero-order chi connectivity index (χ0) is 19.1. The molecular formula is C20H29FN4O2. The van der Waals surface area contributed by atoms with Crippen LogP contribution in [-0.4, -0.2) is 70.6 Å². The number of benzene rings is 1. The van der Waals surface area contributed by atoms with Gasteiger partial charge in [0, 0.05) is 75.9 Å². The number of piperazine rings is 1. The van der Waals surface area contributed by atoms with Gasteiger partial charge in [0.25, 0.3) is 0 Å². The van der Waals surface area contributed by atoms with E-state index in [0.717, 1.165) is 39.1 Å². The molecule has 1 aliphatic rings. The molecule has 2 aromatic rings. The van der Waals surface area contributed by atoms with E-state index in [-0.39, 0.29) is 18.5 Å². The van der Waals surface area contributed by atoms with Gasteiger partial charge in [-0.1, -0.05) is 6.07 Å². The second-order valence-electron chi connectivity index (χ2n) is 7.02. The van der Waals surface area contributed by atoms with Crippen LogP contribution in [0.15, 0.2) is 36.7 Å². The lowest BCUT2D eigenvalue weighted by atomic mass is 10.1. The van der Waals surface area contributed by atoms with Gasteiger partial charge in [-0.2, -0.15) is 5.10 Å². The molecule has 3 rings (SSSR count). The fourth-order valence-corrected chi connectivity index (χ4v) is 3.68. The topological polar surface area (TPSA) is 53.8 Å². The van der Waals surface area contributed by atoms with Crippen LogP contribution < -0.4 is 4.74 Å². The third-order valence-electron chi connectivity index (χ3n) is 5.21. The maximum Gasteiger partial charge on any atom is 0.131 e. The van der Waals surface area contributed by atoms with Crippen LogP contribution in [0.4, 0.5) is 4.39 Å². The van der Waals surface area contributed by atoms with Crippen molar-refractivity contribution < 1.29 is 14.2 Å². The monoisotopic (exact) mass is 376 g/mol. The van der Waals surface area contributed by atoms with E-state index in [1.807, 2.05) is 16.9 Å². The number of rotatable bonds is 9. The Morgan fingerprint density at radius 2 is 2.19 bits per heavy atom. The number of methoxy groups -OCH3 is 1. The van der Waals surface area contributed by atoms with Crippen molar-refractivity contribution >= 4 is 0 Å². The quantitative estimate of drug-likeness (QED) is 0.725. The molecule has 0 spiro atoms. The maximum absolute atomic E-state index is 14.3. The van der Waals surface area contributed by atoms with Crippen LogP contribution in [0.2, 0.25) is 0 Å². The first kappa shape index (κ1) is 19.8. The minimum Gasteiger partial charge on any atom is -0.497 e. The van der Waals surface area contributed by atoms with Gasteiger partial charge in [-0.05, 0) is 25.0 Å². The van der Waals surface area contributed by atoms with Crippen LogP contribution in [0.25, 0.3) is 0 Å². The van der Waals surface area contributed by atoms with Gasteiger partial charge < -0.3 is 14.7 Å². The van der Waals surface area contributed by atoms with Crippen LogP contribution in [0, 0.1) is 5.82 Å². The smallest absolute Gasteiger partial charge is 0.131 e. The number of aryl methyl sites for hydroxylation is 1. The summed E-state index contributed by atoms with van der Waals surface area (Å²) in [5.74, 6) is 0.295. The van der Waals surface area contributed by atoms with Crippen molar-refractivity contribution in [3.8, 4) is 5.75 Å². The standard InChI is InChI=1S/C20H29FN4O2/c1-27-19-5-4-17(20(21)14-19)15-24-12-11-23(16-18(24)6-13-26)8-3-10-25-9-2-7-22-25/h2,4-5,7,9,14,18,26H,3,6,8,10-13,15-16H2,1H3. The second-order valence-corrected chi connectivity index (χ2v) is 7.02. The van der Waals surface area contributed by atoms with Gasteiger partial charge >= 0.3 is 0 Å². The van der Waals surface area contributed by atoms with Crippen LogP contribution in [0.3, 0.4) is 0 Å². The average molecular weight is 376 g/mol. The number of aromatic nitrogens is 2. The zero-order valence-corrected chi connectivity index (χ0v) is 15.9. The first-order chi connectivity index (χ1) is 13.2. The van der Waals surface area contributed by atoms with Crippen LogP contribution >= 0.6 is 0 Å². The fourth-order valence-electron chi connectivity index (χ4n) is 3.68. The Labute approximate surface area is 160 Å². The van der Waals surface area contributed by atoms with E-state index < -0.39 is 0 Å². The van der Waals surface area contributed by atoms with E-state index in [9.17, 15) is 9.50 Å². The van der Waals surface area contributed by atoms with Crippen molar-refractivity contribution in [3.05, 3.63) is 48.0 Å². The normalized spacial score (nSPS) is 18.7. The molecule has 6 nitrogen and oxygen atoms in total. The number of hydrogen-bond donors (Lipinski definition) is 1. The lowest BCUT2D eigenvalue weighted by Crippen LogP contribution is -2.53. The number of aliphatic hydroxyl groups excluding tert-OH is 1. The van der Waals surface area contributed by atoms with Crippen LogP contribution in [0.1, 0.15) is 18.4 Å². The molecule has 0 aliphatic carbocycles. The molecule has 1 aromatic heterocycles. The molecule has 0 bridgehead atoms. The number of ether oxygens (including phenoxy) is 1. The van der Waals surface area contributed by atoms with Gasteiger partial charge in [0.1, 0.15) is 11.6 Å². The third kappa shape index (κ3) is 5.51. The van der Waals surface area contributed by atoms with Crippen molar-refractivity contribution in [1.29, 1.82) is 0 Å². The molecule has 27 heavy (non-hydrogen) atoms. The first-order valence-electron chi connectivity index (χ1n) is 9.56. The summed E-state index contributed by atoms with van der Waals surface area (Å²) in [4.78, 5) is 4.72. The Morgan fingerprint density at radius 1 is 1.30 bits per heavy atom. The Hall–Kier alpha value is -1.96. The summed E-state index contributed by atoms with van der Waals surface area (Å²) in [6.07, 6.45) is 5.53. The molecule has 1 aromatic carbocycles. The molecule has 0 saturated carbocycles. The lowest BCUT2D eigenvalue weighted by molar-refractivity contribution is 0.0519. The average Bonchev–Trinajstić information content (AvgIpc) is 3.19. The van der Waals surface area contributed by atoms with Crippen molar-refractivity contribution in [2.45, 2.75) is 32.0 Å². The van der Waals surface area contributed by atoms with E-state index in [1.165, 1.54) is 13.2 Å². The van der Waals surface area contributed by atoms with Crippen molar-refractivity contribution in [2.24, 2.45) is 0 Å². The Bertz CT molecular complexity index is 695. The number of halogens is 1.